The molecule has 0 aromatic heterocycles. The molecule has 1 aliphatic rings. The molecule has 76 valence electrons. The van der Waals surface area contributed by atoms with E-state index in [0.29, 0.717) is 26.4 Å². The summed E-state index contributed by atoms with van der Waals surface area (Å²) < 4.78 is 15.4. The largest absolute Gasteiger partial charge is 0.466 e. The molecule has 0 radical (unpaired) electrons. The normalized spacial score (nSPS) is 22.7. The lowest BCUT2D eigenvalue weighted by Gasteiger charge is -2.22. The summed E-state index contributed by atoms with van der Waals surface area (Å²) in [4.78, 5) is 10.4. The molecule has 4 heteroatoms. The summed E-state index contributed by atoms with van der Waals surface area (Å²) in [5.41, 5.74) is 0. The minimum atomic E-state index is -0.221. The zero-order valence-corrected chi connectivity index (χ0v) is 7.95. The second-order valence-electron chi connectivity index (χ2n) is 3.05. The first-order chi connectivity index (χ1) is 6.29. The van der Waals surface area contributed by atoms with Crippen molar-refractivity contribution in [1.29, 1.82) is 0 Å². The Labute approximate surface area is 78.2 Å². The van der Waals surface area contributed by atoms with E-state index in [2.05, 4.69) is 0 Å². The molecule has 0 aliphatic carbocycles. The Bertz CT molecular complexity index is 152. The summed E-state index contributed by atoms with van der Waals surface area (Å²) in [6.45, 7) is 3.94. The zero-order chi connectivity index (χ0) is 9.52. The van der Waals surface area contributed by atoms with Crippen molar-refractivity contribution in [2.45, 2.75) is 25.9 Å². The number of carbonyl (C=O) groups is 1. The van der Waals surface area contributed by atoms with Gasteiger partial charge in [0.1, 0.15) is 0 Å². The Morgan fingerprint density at radius 1 is 1.54 bits per heavy atom. The molecule has 0 bridgehead atoms. The summed E-state index contributed by atoms with van der Waals surface area (Å²) in [5, 5.41) is 0. The van der Waals surface area contributed by atoms with Crippen LogP contribution in [0.4, 0.5) is 0 Å². The maximum atomic E-state index is 10.4. The smallest absolute Gasteiger partial charge is 0.302 e. The highest BCUT2D eigenvalue weighted by Gasteiger charge is 2.13. The highest BCUT2D eigenvalue weighted by atomic mass is 16.6. The van der Waals surface area contributed by atoms with E-state index in [-0.39, 0.29) is 12.1 Å². The van der Waals surface area contributed by atoms with Crippen LogP contribution >= 0.6 is 0 Å². The first-order valence-electron chi connectivity index (χ1n) is 4.62. The monoisotopic (exact) mass is 188 g/mol. The van der Waals surface area contributed by atoms with Crippen molar-refractivity contribution in [3.05, 3.63) is 0 Å². The Balaban J connectivity index is 1.95. The highest BCUT2D eigenvalue weighted by Crippen LogP contribution is 2.07. The van der Waals surface area contributed by atoms with Crippen LogP contribution in [0.3, 0.4) is 0 Å². The standard InChI is InChI=1S/C9H16O4/c1-8(10)12-4-2-3-9-7-11-5-6-13-9/h9H,2-7H2,1H3. The number of rotatable bonds is 4. The summed E-state index contributed by atoms with van der Waals surface area (Å²) in [6.07, 6.45) is 1.92. The molecule has 1 atom stereocenters. The number of esters is 1. The highest BCUT2D eigenvalue weighted by molar-refractivity contribution is 5.65. The van der Waals surface area contributed by atoms with Gasteiger partial charge in [-0.25, -0.2) is 0 Å². The van der Waals surface area contributed by atoms with E-state index in [9.17, 15) is 4.79 Å². The predicted molar refractivity (Wildman–Crippen MR) is 46.4 cm³/mol. The molecule has 0 aromatic rings. The van der Waals surface area contributed by atoms with Crippen LogP contribution in [0.1, 0.15) is 19.8 Å². The molecule has 0 saturated carbocycles. The van der Waals surface area contributed by atoms with Crippen LogP contribution in [-0.2, 0) is 19.0 Å². The minimum Gasteiger partial charge on any atom is -0.466 e. The SMILES string of the molecule is CC(=O)OCCCC1COCCO1. The maximum Gasteiger partial charge on any atom is 0.302 e. The molecule has 0 aromatic carbocycles. The van der Waals surface area contributed by atoms with Gasteiger partial charge in [0.25, 0.3) is 0 Å². The maximum absolute atomic E-state index is 10.4. The van der Waals surface area contributed by atoms with Crippen molar-refractivity contribution in [3.63, 3.8) is 0 Å². The van der Waals surface area contributed by atoms with Gasteiger partial charge in [-0.05, 0) is 12.8 Å². The van der Waals surface area contributed by atoms with E-state index < -0.39 is 0 Å². The van der Waals surface area contributed by atoms with Crippen LogP contribution in [0.2, 0.25) is 0 Å². The third kappa shape index (κ3) is 4.85. The average molecular weight is 188 g/mol. The van der Waals surface area contributed by atoms with E-state index >= 15 is 0 Å². The third-order valence-electron chi connectivity index (χ3n) is 1.86. The van der Waals surface area contributed by atoms with Crippen molar-refractivity contribution in [2.24, 2.45) is 0 Å². The van der Waals surface area contributed by atoms with Crippen LogP contribution < -0.4 is 0 Å². The molecule has 0 spiro atoms. The fraction of sp³-hybridized carbons (Fsp3) is 0.889. The summed E-state index contributed by atoms with van der Waals surface area (Å²) in [7, 11) is 0. The lowest BCUT2D eigenvalue weighted by Crippen LogP contribution is -2.28. The fourth-order valence-corrected chi connectivity index (χ4v) is 1.23. The first-order valence-corrected chi connectivity index (χ1v) is 4.62. The van der Waals surface area contributed by atoms with Crippen LogP contribution in [0.25, 0.3) is 0 Å². The van der Waals surface area contributed by atoms with E-state index in [4.69, 9.17) is 14.2 Å². The van der Waals surface area contributed by atoms with Gasteiger partial charge in [0.05, 0.1) is 32.5 Å². The second-order valence-corrected chi connectivity index (χ2v) is 3.05. The topological polar surface area (TPSA) is 44.8 Å². The van der Waals surface area contributed by atoms with Gasteiger partial charge in [-0.15, -0.1) is 0 Å². The molecule has 1 aliphatic heterocycles. The van der Waals surface area contributed by atoms with Crippen molar-refractivity contribution < 1.29 is 19.0 Å². The van der Waals surface area contributed by atoms with Gasteiger partial charge in [0, 0.05) is 6.92 Å². The van der Waals surface area contributed by atoms with Gasteiger partial charge in [-0.1, -0.05) is 0 Å². The molecule has 13 heavy (non-hydrogen) atoms. The lowest BCUT2D eigenvalue weighted by molar-refractivity contribution is -0.141. The Morgan fingerprint density at radius 3 is 3.00 bits per heavy atom. The van der Waals surface area contributed by atoms with Crippen LogP contribution in [0.5, 0.6) is 0 Å². The van der Waals surface area contributed by atoms with E-state index in [1.54, 1.807) is 0 Å². The number of carbonyl (C=O) groups excluding carboxylic acids is 1. The van der Waals surface area contributed by atoms with Gasteiger partial charge >= 0.3 is 5.97 Å². The van der Waals surface area contributed by atoms with Gasteiger partial charge in [0.15, 0.2) is 0 Å². The fourth-order valence-electron chi connectivity index (χ4n) is 1.23. The Hall–Kier alpha value is -0.610. The molecule has 1 unspecified atom stereocenters. The number of hydrogen-bond acceptors (Lipinski definition) is 4. The van der Waals surface area contributed by atoms with Crippen molar-refractivity contribution >= 4 is 5.97 Å². The third-order valence-corrected chi connectivity index (χ3v) is 1.86. The van der Waals surface area contributed by atoms with Gasteiger partial charge in [-0.2, -0.15) is 0 Å². The quantitative estimate of drug-likeness (QED) is 0.482. The van der Waals surface area contributed by atoms with Gasteiger partial charge in [0.2, 0.25) is 0 Å². The van der Waals surface area contributed by atoms with Gasteiger partial charge in [-0.3, -0.25) is 4.79 Å². The van der Waals surface area contributed by atoms with E-state index in [0.717, 1.165) is 12.8 Å². The van der Waals surface area contributed by atoms with E-state index in [1.807, 2.05) is 0 Å². The van der Waals surface area contributed by atoms with Crippen molar-refractivity contribution in [1.82, 2.24) is 0 Å². The molecule has 1 fully saturated rings. The first kappa shape index (κ1) is 10.5. The average Bonchev–Trinajstić information content (AvgIpc) is 2.14. The van der Waals surface area contributed by atoms with E-state index in [1.165, 1.54) is 6.92 Å². The van der Waals surface area contributed by atoms with Crippen LogP contribution in [0, 0.1) is 0 Å². The van der Waals surface area contributed by atoms with Crippen molar-refractivity contribution in [2.75, 3.05) is 26.4 Å². The molecule has 4 nitrogen and oxygen atoms in total. The minimum absolute atomic E-state index is 0.185. The van der Waals surface area contributed by atoms with Crippen LogP contribution in [0.15, 0.2) is 0 Å². The molecular weight excluding hydrogens is 172 g/mol. The van der Waals surface area contributed by atoms with Gasteiger partial charge < -0.3 is 14.2 Å². The molecule has 0 N–H and O–H groups in total. The molecular formula is C9H16O4. The number of ether oxygens (including phenoxy) is 3. The van der Waals surface area contributed by atoms with Crippen molar-refractivity contribution in [3.8, 4) is 0 Å². The summed E-state index contributed by atoms with van der Waals surface area (Å²) in [5.74, 6) is -0.221. The molecule has 0 amide bonds. The second kappa shape index (κ2) is 5.94. The van der Waals surface area contributed by atoms with Crippen LogP contribution in [-0.4, -0.2) is 38.5 Å². The Morgan fingerprint density at radius 2 is 2.38 bits per heavy atom. The predicted octanol–water partition coefficient (Wildman–Crippen LogP) is 0.745. The summed E-state index contributed by atoms with van der Waals surface area (Å²) >= 11 is 0. The molecule has 1 rings (SSSR count). The molecule has 1 heterocycles. The summed E-state index contributed by atoms with van der Waals surface area (Å²) in [6, 6.07) is 0. The number of hydrogen-bond donors (Lipinski definition) is 0. The lowest BCUT2D eigenvalue weighted by atomic mass is 10.2. The Kier molecular flexibility index (Phi) is 4.78. The molecule has 1 saturated heterocycles. The zero-order valence-electron chi connectivity index (χ0n) is 7.95.